The lowest BCUT2D eigenvalue weighted by Crippen LogP contribution is -2.46. The summed E-state index contributed by atoms with van der Waals surface area (Å²) in [5.74, 6) is 1.08. The fourth-order valence-corrected chi connectivity index (χ4v) is 7.62. The van der Waals surface area contributed by atoms with E-state index in [-0.39, 0.29) is 0 Å². The third-order valence-electron chi connectivity index (χ3n) is 9.65. The van der Waals surface area contributed by atoms with E-state index in [9.17, 15) is 0 Å². The Morgan fingerprint density at radius 1 is 0.889 bits per heavy atom. The predicted molar refractivity (Wildman–Crippen MR) is 185 cm³/mol. The average molecular weight is 635 g/mol. The van der Waals surface area contributed by atoms with E-state index in [1.807, 2.05) is 10.9 Å². The smallest absolute Gasteiger partial charge is 0.318 e. The number of piperazine rings is 1. The van der Waals surface area contributed by atoms with Gasteiger partial charge in [0.25, 0.3) is 0 Å². The van der Waals surface area contributed by atoms with Crippen molar-refractivity contribution >= 4 is 30.5 Å². The molecule has 10 nitrogen and oxygen atoms in total. The van der Waals surface area contributed by atoms with Crippen LogP contribution in [0.1, 0.15) is 42.5 Å². The molecule has 1 aromatic carbocycles. The van der Waals surface area contributed by atoms with Crippen LogP contribution in [0.2, 0.25) is 25.7 Å². The molecule has 246 valence electrons. The summed E-state index contributed by atoms with van der Waals surface area (Å²) in [4.78, 5) is 20.0. The van der Waals surface area contributed by atoms with Gasteiger partial charge in [-0.05, 0) is 70.4 Å². The van der Waals surface area contributed by atoms with Crippen molar-refractivity contribution in [2.75, 3.05) is 82.4 Å². The van der Waals surface area contributed by atoms with E-state index in [2.05, 4.69) is 65.3 Å². The molecule has 11 heteroatoms. The number of aromatic nitrogens is 4. The Bertz CT molecular complexity index is 1430. The fourth-order valence-electron chi connectivity index (χ4n) is 6.86. The lowest BCUT2D eigenvalue weighted by atomic mass is 10.0. The zero-order valence-electron chi connectivity index (χ0n) is 28.4. The highest BCUT2D eigenvalue weighted by molar-refractivity contribution is 6.76. The third-order valence-corrected chi connectivity index (χ3v) is 11.4. The quantitative estimate of drug-likeness (QED) is 0.202. The van der Waals surface area contributed by atoms with Crippen LogP contribution in [-0.2, 0) is 24.4 Å². The van der Waals surface area contributed by atoms with Gasteiger partial charge in [-0.25, -0.2) is 4.68 Å². The summed E-state index contributed by atoms with van der Waals surface area (Å²) in [6.07, 6.45) is 7.94. The number of ether oxygens (including phenoxy) is 2. The van der Waals surface area contributed by atoms with Crippen LogP contribution in [0.3, 0.4) is 0 Å². The molecule has 3 aliphatic heterocycles. The monoisotopic (exact) mass is 634 g/mol. The Kier molecular flexibility index (Phi) is 10.3. The molecule has 2 saturated heterocycles. The molecular formula is C34H54N8O2Si. The van der Waals surface area contributed by atoms with E-state index >= 15 is 0 Å². The molecule has 3 aromatic rings. The minimum atomic E-state index is -1.13. The molecule has 0 radical (unpaired) electrons. The molecule has 0 saturated carbocycles. The standard InChI is InChI=1S/C34H54N8O2Si/c1-27-10-11-31-29(24-35-42(31)26-43-22-23-45(3,4)5)32(27)41-16-12-28-30(25-41)36-34(37-33(28)40-19-17-38(2)18-20-40)44-21-9-15-39-13-7-6-8-14-39/h10-11,24H,6-9,12-23,25-26H2,1-5H3. The molecule has 0 spiro atoms. The number of benzene rings is 1. The molecule has 0 amide bonds. The first kappa shape index (κ1) is 32.2. The third kappa shape index (κ3) is 7.98. The molecule has 5 heterocycles. The Hall–Kier alpha value is -2.73. The first-order valence-corrected chi connectivity index (χ1v) is 20.9. The number of hydrogen-bond acceptors (Lipinski definition) is 9. The van der Waals surface area contributed by atoms with Gasteiger partial charge in [0.05, 0.1) is 36.2 Å². The summed E-state index contributed by atoms with van der Waals surface area (Å²) in [5.41, 5.74) is 6.00. The number of nitrogens with zero attached hydrogens (tertiary/aromatic N) is 8. The van der Waals surface area contributed by atoms with Gasteiger partial charge in [-0.15, -0.1) is 0 Å². The number of likely N-dealkylation sites (N-methyl/N-ethyl adjacent to an activating group) is 1. The van der Waals surface area contributed by atoms with Crippen LogP contribution >= 0.6 is 0 Å². The topological polar surface area (TPSA) is 75.0 Å². The number of piperidine rings is 1. The maximum Gasteiger partial charge on any atom is 0.318 e. The molecule has 0 N–H and O–H groups in total. The van der Waals surface area contributed by atoms with Crippen LogP contribution in [0.25, 0.3) is 10.9 Å². The van der Waals surface area contributed by atoms with Crippen molar-refractivity contribution in [1.82, 2.24) is 29.5 Å². The van der Waals surface area contributed by atoms with Crippen LogP contribution in [0.15, 0.2) is 18.3 Å². The molecule has 3 aliphatic rings. The van der Waals surface area contributed by atoms with Gasteiger partial charge in [-0.2, -0.15) is 15.1 Å². The maximum atomic E-state index is 6.29. The average Bonchev–Trinajstić information content (AvgIpc) is 3.44. The zero-order valence-corrected chi connectivity index (χ0v) is 29.4. The number of hydrogen-bond donors (Lipinski definition) is 0. The molecule has 6 rings (SSSR count). The van der Waals surface area contributed by atoms with Crippen LogP contribution < -0.4 is 14.5 Å². The highest BCUT2D eigenvalue weighted by atomic mass is 28.3. The molecule has 2 fully saturated rings. The summed E-state index contributed by atoms with van der Waals surface area (Å²) in [6.45, 7) is 20.5. The minimum absolute atomic E-state index is 0.485. The Balaban J connectivity index is 1.21. The Morgan fingerprint density at radius 2 is 1.69 bits per heavy atom. The summed E-state index contributed by atoms with van der Waals surface area (Å²) >= 11 is 0. The van der Waals surface area contributed by atoms with Crippen molar-refractivity contribution in [2.24, 2.45) is 0 Å². The Morgan fingerprint density at radius 3 is 2.47 bits per heavy atom. The summed E-state index contributed by atoms with van der Waals surface area (Å²) in [5, 5.41) is 5.93. The number of likely N-dealkylation sites (tertiary alicyclic amines) is 1. The number of aryl methyl sites for hydroxylation is 1. The molecule has 0 unspecified atom stereocenters. The van der Waals surface area contributed by atoms with Crippen LogP contribution in [0, 0.1) is 6.92 Å². The molecular weight excluding hydrogens is 581 g/mol. The van der Waals surface area contributed by atoms with Gasteiger partial charge in [0.2, 0.25) is 0 Å². The predicted octanol–water partition coefficient (Wildman–Crippen LogP) is 5.02. The van der Waals surface area contributed by atoms with Gasteiger partial charge >= 0.3 is 6.01 Å². The first-order chi connectivity index (χ1) is 21.7. The molecule has 0 aliphatic carbocycles. The highest BCUT2D eigenvalue weighted by Gasteiger charge is 2.29. The number of anilines is 2. The van der Waals surface area contributed by atoms with Crippen molar-refractivity contribution in [1.29, 1.82) is 0 Å². The molecule has 0 bridgehead atoms. The second-order valence-electron chi connectivity index (χ2n) is 14.5. The molecule has 0 atom stereocenters. The van der Waals surface area contributed by atoms with Crippen molar-refractivity contribution < 1.29 is 9.47 Å². The molecule has 45 heavy (non-hydrogen) atoms. The summed E-state index contributed by atoms with van der Waals surface area (Å²) in [7, 11) is 1.07. The van der Waals surface area contributed by atoms with Crippen LogP contribution in [0.4, 0.5) is 11.5 Å². The normalized spacial score (nSPS) is 18.5. The minimum Gasteiger partial charge on any atom is -0.463 e. The fraction of sp³-hybridized carbons (Fsp3) is 0.676. The van der Waals surface area contributed by atoms with Crippen molar-refractivity contribution in [2.45, 2.75) is 78.0 Å². The van der Waals surface area contributed by atoms with Crippen molar-refractivity contribution in [3.05, 3.63) is 35.2 Å². The SMILES string of the molecule is Cc1ccc2c(cnn2COCC[Si](C)(C)C)c1N1CCc2c(nc(OCCCN3CCCCC3)nc2N2CCN(C)CC2)C1. The van der Waals surface area contributed by atoms with E-state index in [0.29, 0.717) is 19.3 Å². The van der Waals surface area contributed by atoms with Crippen molar-refractivity contribution in [3.8, 4) is 6.01 Å². The van der Waals surface area contributed by atoms with Gasteiger partial charge in [-0.3, -0.25) is 0 Å². The van der Waals surface area contributed by atoms with Crippen LogP contribution in [-0.4, -0.2) is 110 Å². The second kappa shape index (κ2) is 14.4. The largest absolute Gasteiger partial charge is 0.463 e. The lowest BCUT2D eigenvalue weighted by molar-refractivity contribution is 0.0817. The second-order valence-corrected chi connectivity index (χ2v) is 20.1. The molecule has 2 aromatic heterocycles. The van der Waals surface area contributed by atoms with E-state index in [1.54, 1.807) is 0 Å². The summed E-state index contributed by atoms with van der Waals surface area (Å²) < 4.78 is 14.4. The summed E-state index contributed by atoms with van der Waals surface area (Å²) in [6, 6.07) is 6.09. The number of rotatable bonds is 12. The highest BCUT2D eigenvalue weighted by Crippen LogP contribution is 2.36. The van der Waals surface area contributed by atoms with Gasteiger partial charge in [0.15, 0.2) is 0 Å². The van der Waals surface area contributed by atoms with Gasteiger partial charge in [-0.1, -0.05) is 32.1 Å². The van der Waals surface area contributed by atoms with Gasteiger partial charge in [0, 0.05) is 64.9 Å². The van der Waals surface area contributed by atoms with Gasteiger partial charge < -0.3 is 29.1 Å². The zero-order chi connectivity index (χ0) is 31.4. The van der Waals surface area contributed by atoms with Gasteiger partial charge in [0.1, 0.15) is 12.5 Å². The Labute approximate surface area is 270 Å². The van der Waals surface area contributed by atoms with E-state index in [4.69, 9.17) is 24.5 Å². The maximum absolute atomic E-state index is 6.29. The van der Waals surface area contributed by atoms with E-state index < -0.39 is 8.07 Å². The lowest BCUT2D eigenvalue weighted by Gasteiger charge is -2.37. The first-order valence-electron chi connectivity index (χ1n) is 17.2. The van der Waals surface area contributed by atoms with E-state index in [1.165, 1.54) is 54.6 Å². The van der Waals surface area contributed by atoms with Crippen molar-refractivity contribution in [3.63, 3.8) is 0 Å². The number of fused-ring (bicyclic) bond motifs is 2. The van der Waals surface area contributed by atoms with E-state index in [0.717, 1.165) is 88.3 Å². The van der Waals surface area contributed by atoms with Crippen LogP contribution in [0.5, 0.6) is 6.01 Å².